The summed E-state index contributed by atoms with van der Waals surface area (Å²) in [7, 11) is 1.77. The van der Waals surface area contributed by atoms with Gasteiger partial charge in [-0.3, -0.25) is 9.69 Å². The number of nitrogens with zero attached hydrogens (tertiary/aromatic N) is 1. The van der Waals surface area contributed by atoms with Crippen molar-refractivity contribution in [1.82, 2.24) is 4.90 Å². The van der Waals surface area contributed by atoms with Gasteiger partial charge in [0.2, 0.25) is 0 Å². The number of hydrogen-bond donors (Lipinski definition) is 1. The van der Waals surface area contributed by atoms with Gasteiger partial charge in [-0.05, 0) is 47.7 Å². The monoisotopic (exact) mass is 446 g/mol. The van der Waals surface area contributed by atoms with Crippen LogP contribution in [0.2, 0.25) is 0 Å². The average Bonchev–Trinajstić information content (AvgIpc) is 3.01. The summed E-state index contributed by atoms with van der Waals surface area (Å²) in [6, 6.07) is -9.96. The zero-order valence-electron chi connectivity index (χ0n) is 43.8. The largest absolute Gasteiger partial charge is 0.493 e. The summed E-state index contributed by atoms with van der Waals surface area (Å²) in [6.07, 6.45) is -17.2. The molecule has 2 aliphatic heterocycles. The summed E-state index contributed by atoms with van der Waals surface area (Å²) in [5.41, 5.74) is 3.09. The molecule has 30 heavy (non-hydrogen) atoms. The maximum atomic E-state index is 14.0. The number of piperidine rings is 1. The third kappa shape index (κ3) is 4.75. The van der Waals surface area contributed by atoms with E-state index < -0.39 is 141 Å². The van der Waals surface area contributed by atoms with Crippen molar-refractivity contribution in [3.63, 3.8) is 0 Å². The fourth-order valence-corrected chi connectivity index (χ4v) is 2.64. The second kappa shape index (κ2) is 9.56. The van der Waals surface area contributed by atoms with E-state index in [2.05, 4.69) is 0 Å². The quantitative estimate of drug-likeness (QED) is 0.646. The van der Waals surface area contributed by atoms with Gasteiger partial charge < -0.3 is 19.9 Å². The minimum Gasteiger partial charge on any atom is -0.493 e. The number of fused-ring (bicyclic) bond motifs is 3. The number of hydrogen-bond acceptors (Lipinski definition) is 6. The summed E-state index contributed by atoms with van der Waals surface area (Å²) in [5, 5.41) is 0. The summed E-state index contributed by atoms with van der Waals surface area (Å²) < 4.78 is 252. The van der Waals surface area contributed by atoms with Crippen LogP contribution in [0.4, 0.5) is 0 Å². The van der Waals surface area contributed by atoms with Gasteiger partial charge in [0.15, 0.2) is 11.5 Å². The Hall–Kier alpha value is -1.79. The molecule has 0 aromatic heterocycles. The summed E-state index contributed by atoms with van der Waals surface area (Å²) in [5.74, 6) is -18.7. The Morgan fingerprint density at radius 2 is 2.13 bits per heavy atom. The van der Waals surface area contributed by atoms with E-state index in [1.165, 1.54) is 0 Å². The van der Waals surface area contributed by atoms with Crippen molar-refractivity contribution in [2.24, 2.45) is 23.4 Å². The molecule has 3 unspecified atom stereocenters. The summed E-state index contributed by atoms with van der Waals surface area (Å²) in [6.45, 7) is -26.5. The predicted molar refractivity (Wildman–Crippen MR) is 118 cm³/mol. The highest BCUT2D eigenvalue weighted by Gasteiger charge is 2.41. The minimum atomic E-state index is -5.06. The number of rotatable bonds is 7. The minimum absolute atomic E-state index is 0.573. The normalized spacial score (nSPS) is 51.7. The van der Waals surface area contributed by atoms with Crippen molar-refractivity contribution < 1.29 is 57.4 Å². The van der Waals surface area contributed by atoms with E-state index in [4.69, 9.17) is 51.5 Å². The molecule has 1 aromatic carbocycles. The van der Waals surface area contributed by atoms with E-state index in [9.17, 15) is 11.6 Å². The van der Waals surface area contributed by atoms with Crippen LogP contribution < -0.4 is 15.2 Å². The van der Waals surface area contributed by atoms with Crippen LogP contribution in [0.25, 0.3) is 0 Å². The molecule has 0 saturated carbocycles. The van der Waals surface area contributed by atoms with Gasteiger partial charge in [-0.25, -0.2) is 0 Å². The van der Waals surface area contributed by atoms with Crippen LogP contribution in [0.5, 0.6) is 11.5 Å². The molecule has 3 rings (SSSR count). The van der Waals surface area contributed by atoms with Crippen LogP contribution in [-0.2, 0) is 15.9 Å². The molecular formula is C24H38N2O4. The van der Waals surface area contributed by atoms with Gasteiger partial charge in [0, 0.05) is 65.6 Å². The smallest absolute Gasteiger partial charge is 0.323 e. The van der Waals surface area contributed by atoms with Gasteiger partial charge >= 0.3 is 5.97 Å². The first-order chi connectivity index (χ1) is 25.2. The van der Waals surface area contributed by atoms with E-state index in [1.807, 2.05) is 0 Å². The summed E-state index contributed by atoms with van der Waals surface area (Å²) in [4.78, 5) is 13.4. The van der Waals surface area contributed by atoms with E-state index >= 15 is 0 Å². The Balaban J connectivity index is 2.77. The van der Waals surface area contributed by atoms with E-state index in [1.54, 1.807) is 0 Å². The van der Waals surface area contributed by atoms with Gasteiger partial charge in [-0.1, -0.05) is 27.4 Å². The second-order valence-corrected chi connectivity index (χ2v) is 5.88. The molecule has 0 aliphatic carbocycles. The van der Waals surface area contributed by atoms with Crippen molar-refractivity contribution in [1.29, 1.82) is 0 Å². The maximum Gasteiger partial charge on any atom is 0.323 e. The van der Waals surface area contributed by atoms with Crippen LogP contribution in [0.15, 0.2) is 12.1 Å². The Kier molecular flexibility index (Phi) is 1.97. The number of carbonyl (C=O) groups excluding carboxylic acids is 1. The Labute approximate surface area is 220 Å². The first-order valence-electron chi connectivity index (χ1n) is 22.3. The lowest BCUT2D eigenvalue weighted by molar-refractivity contribution is -0.160. The molecule has 6 heteroatoms. The number of esters is 1. The molecule has 0 amide bonds. The Morgan fingerprint density at radius 3 is 2.80 bits per heavy atom. The lowest BCUT2D eigenvalue weighted by Crippen LogP contribution is -2.51. The molecule has 1 fully saturated rings. The third-order valence-electron chi connectivity index (χ3n) is 3.99. The van der Waals surface area contributed by atoms with Gasteiger partial charge in [0.25, 0.3) is 0 Å². The van der Waals surface area contributed by atoms with E-state index in [0.29, 0.717) is 0 Å². The summed E-state index contributed by atoms with van der Waals surface area (Å²) >= 11 is 0. The van der Waals surface area contributed by atoms with E-state index in [0.717, 1.165) is 14.2 Å². The molecular weight excluding hydrogens is 380 g/mol. The van der Waals surface area contributed by atoms with Crippen LogP contribution in [0, 0.1) is 17.7 Å². The molecule has 2 N–H and O–H groups in total. The molecule has 2 aliphatic rings. The molecule has 0 spiro atoms. The van der Waals surface area contributed by atoms with Crippen LogP contribution in [0.3, 0.4) is 0 Å². The first kappa shape index (κ1) is 6.16. The number of benzene rings is 1. The molecule has 0 bridgehead atoms. The van der Waals surface area contributed by atoms with Crippen LogP contribution in [-0.4, -0.2) is 50.2 Å². The van der Waals surface area contributed by atoms with Gasteiger partial charge in [-0.15, -0.1) is 0 Å². The topological polar surface area (TPSA) is 74.0 Å². The predicted octanol–water partition coefficient (Wildman–Crippen LogP) is 3.56. The van der Waals surface area contributed by atoms with Crippen molar-refractivity contribution in [2.45, 2.75) is 64.7 Å². The molecule has 168 valence electrons. The third-order valence-corrected chi connectivity index (χ3v) is 3.99. The molecule has 6 nitrogen and oxygen atoms in total. The first-order valence-corrected chi connectivity index (χ1v) is 8.27. The highest BCUT2D eigenvalue weighted by Crippen LogP contribution is 2.44. The maximum absolute atomic E-state index is 14.0. The molecule has 1 saturated heterocycles. The zero-order chi connectivity index (χ0) is 46.4. The van der Waals surface area contributed by atoms with Crippen molar-refractivity contribution in [3.05, 3.63) is 23.2 Å². The standard InChI is InChI=1S/C24H38N2O4/c1-14(2)9-17-13-26-8-7-16-10-21(28-5)22(29-6)11-18(16)19(26)12-20(17)30-24(27)23(25)15(3)4/h10-11,14-15,17,19-20,23H,7-9,12-13,25H2,1-6H3/t17?,19?,20?,23-/m0/s1/i1D3,2D3,3D3,4D3,7D2,8D2,9D2,10D,11D,12D2,13D2,14D,15D,17D,23D. The highest BCUT2D eigenvalue weighted by molar-refractivity contribution is 5.76. The number of methoxy groups -OCH3 is 2. The average molecular weight is 447 g/mol. The lowest BCUT2D eigenvalue weighted by atomic mass is 9.79. The van der Waals surface area contributed by atoms with Gasteiger partial charge in [-0.2, -0.15) is 0 Å². The molecule has 4 atom stereocenters. The number of ether oxygens (including phenoxy) is 3. The Bertz CT molecular complexity index is 1790. The fourth-order valence-electron chi connectivity index (χ4n) is 2.64. The van der Waals surface area contributed by atoms with Crippen LogP contribution in [0.1, 0.15) is 95.7 Å². The Morgan fingerprint density at radius 1 is 1.40 bits per heavy atom. The number of carbonyl (C=O) groups is 1. The lowest BCUT2D eigenvalue weighted by Gasteiger charge is -2.47. The fraction of sp³-hybridized carbons (Fsp3) is 0.708. The van der Waals surface area contributed by atoms with Crippen molar-refractivity contribution in [3.8, 4) is 11.5 Å². The highest BCUT2D eigenvalue weighted by atomic mass is 16.5. The molecule has 1 aromatic rings. The second-order valence-electron chi connectivity index (χ2n) is 5.88. The van der Waals surface area contributed by atoms with Crippen molar-refractivity contribution >= 4 is 5.97 Å². The van der Waals surface area contributed by atoms with Gasteiger partial charge in [0.1, 0.15) is 12.1 Å². The number of nitrogens with two attached hydrogens (primary N) is 1. The molecule has 2 heterocycles. The zero-order valence-corrected chi connectivity index (χ0v) is 15.8. The SMILES string of the molecule is [2H]c1c(OC)c(OC)c([2H])c2c1C1N(C([2H])([2H])C2([2H])[2H])C([2H])([2H])C([2H])(C([2H])([2H])C([2H])(C([2H])([2H])[2H])C([2H])([2H])[2H])C(OC(=O)[C@@]([2H])(N)C([2H])(C([2H])([2H])[2H])C([2H])([2H])[2H])C1([2H])[2H]. The van der Waals surface area contributed by atoms with Crippen molar-refractivity contribution in [2.75, 3.05) is 27.2 Å². The van der Waals surface area contributed by atoms with Gasteiger partial charge in [0.05, 0.1) is 18.3 Å². The molecule has 0 radical (unpaired) electrons. The van der Waals surface area contributed by atoms with Crippen LogP contribution >= 0.6 is 0 Å². The van der Waals surface area contributed by atoms with E-state index in [-0.39, 0.29) is 0 Å².